The van der Waals surface area contributed by atoms with Crippen LogP contribution in [0.2, 0.25) is 0 Å². The second-order valence-corrected chi connectivity index (χ2v) is 8.23. The molecule has 1 aromatic rings. The normalized spacial score (nSPS) is 24.5. The maximum atomic E-state index is 13.9. The lowest BCUT2D eigenvalue weighted by Gasteiger charge is -2.22. The number of benzene rings is 1. The van der Waals surface area contributed by atoms with Gasteiger partial charge >= 0.3 is 0 Å². The van der Waals surface area contributed by atoms with E-state index in [1.807, 2.05) is 25.9 Å². The summed E-state index contributed by atoms with van der Waals surface area (Å²) in [6, 6.07) is 4.18. The molecular formula is C13H18BrFN2O2S. The summed E-state index contributed by atoms with van der Waals surface area (Å²) in [6.45, 7) is 2.82. The highest BCUT2D eigenvalue weighted by Gasteiger charge is 2.39. The van der Waals surface area contributed by atoms with E-state index in [2.05, 4.69) is 15.9 Å². The fraction of sp³-hybridized carbons (Fsp3) is 0.538. The molecule has 1 aliphatic heterocycles. The Morgan fingerprint density at radius 1 is 1.35 bits per heavy atom. The van der Waals surface area contributed by atoms with Crippen LogP contribution in [0.4, 0.5) is 4.39 Å². The fourth-order valence-corrected chi connectivity index (χ4v) is 4.54. The molecule has 0 radical (unpaired) electrons. The van der Waals surface area contributed by atoms with E-state index in [1.165, 1.54) is 16.4 Å². The van der Waals surface area contributed by atoms with Gasteiger partial charge in [-0.2, -0.15) is 4.31 Å². The molecule has 4 nitrogen and oxygen atoms in total. The van der Waals surface area contributed by atoms with E-state index in [4.69, 9.17) is 0 Å². The molecule has 2 unspecified atom stereocenters. The molecule has 0 amide bonds. The minimum atomic E-state index is -3.77. The smallest absolute Gasteiger partial charge is 0.246 e. The lowest BCUT2D eigenvalue weighted by molar-refractivity contribution is 0.263. The standard InChI is InChI=1S/C13H18BrFN2O2S/c1-9-7-17(8-12(9)16(2)3)20(18,19)13-5-4-10(14)6-11(13)15/h4-6,9,12H,7-8H2,1-3H3. The van der Waals surface area contributed by atoms with E-state index in [-0.39, 0.29) is 16.9 Å². The third kappa shape index (κ3) is 2.90. The third-order valence-corrected chi connectivity index (χ3v) is 6.07. The second-order valence-electron chi connectivity index (χ2n) is 5.41. The van der Waals surface area contributed by atoms with Crippen LogP contribution in [0.25, 0.3) is 0 Å². The number of halogens is 2. The summed E-state index contributed by atoms with van der Waals surface area (Å²) >= 11 is 3.13. The van der Waals surface area contributed by atoms with Crippen molar-refractivity contribution in [2.75, 3.05) is 27.2 Å². The molecule has 0 saturated carbocycles. The van der Waals surface area contributed by atoms with E-state index >= 15 is 0 Å². The molecule has 1 aromatic carbocycles. The van der Waals surface area contributed by atoms with Crippen molar-refractivity contribution in [3.05, 3.63) is 28.5 Å². The molecule has 20 heavy (non-hydrogen) atoms. The number of sulfonamides is 1. The molecule has 0 aromatic heterocycles. The first-order chi connectivity index (χ1) is 9.23. The molecule has 0 N–H and O–H groups in total. The predicted molar refractivity (Wildman–Crippen MR) is 79.5 cm³/mol. The first-order valence-electron chi connectivity index (χ1n) is 6.35. The van der Waals surface area contributed by atoms with Gasteiger partial charge in [-0.15, -0.1) is 0 Å². The van der Waals surface area contributed by atoms with Crippen molar-refractivity contribution in [2.24, 2.45) is 5.92 Å². The van der Waals surface area contributed by atoms with Crippen LogP contribution in [0, 0.1) is 11.7 Å². The zero-order chi connectivity index (χ0) is 15.1. The van der Waals surface area contributed by atoms with Crippen LogP contribution >= 0.6 is 15.9 Å². The van der Waals surface area contributed by atoms with Gasteiger partial charge in [0.25, 0.3) is 0 Å². The van der Waals surface area contributed by atoms with Crippen LogP contribution in [-0.2, 0) is 10.0 Å². The number of nitrogens with zero attached hydrogens (tertiary/aromatic N) is 2. The Morgan fingerprint density at radius 2 is 2.00 bits per heavy atom. The molecule has 2 rings (SSSR count). The summed E-state index contributed by atoms with van der Waals surface area (Å²) in [5.74, 6) is -0.501. The summed E-state index contributed by atoms with van der Waals surface area (Å²) in [7, 11) is 0.0815. The van der Waals surface area contributed by atoms with Gasteiger partial charge in [-0.3, -0.25) is 0 Å². The lowest BCUT2D eigenvalue weighted by atomic mass is 10.1. The topological polar surface area (TPSA) is 40.6 Å². The van der Waals surface area contributed by atoms with E-state index in [1.54, 1.807) is 6.07 Å². The van der Waals surface area contributed by atoms with Crippen LogP contribution in [-0.4, -0.2) is 50.8 Å². The van der Waals surface area contributed by atoms with Gasteiger partial charge in [0.1, 0.15) is 10.7 Å². The van der Waals surface area contributed by atoms with Gasteiger partial charge in [0, 0.05) is 23.6 Å². The Labute approximate surface area is 127 Å². The largest absolute Gasteiger partial charge is 0.305 e. The monoisotopic (exact) mass is 364 g/mol. The van der Waals surface area contributed by atoms with Gasteiger partial charge in [-0.1, -0.05) is 22.9 Å². The van der Waals surface area contributed by atoms with E-state index in [0.717, 1.165) is 0 Å². The van der Waals surface area contributed by atoms with Crippen LogP contribution in [0.3, 0.4) is 0 Å². The highest BCUT2D eigenvalue weighted by Crippen LogP contribution is 2.28. The minimum Gasteiger partial charge on any atom is -0.305 e. The Kier molecular flexibility index (Phi) is 4.53. The van der Waals surface area contributed by atoms with E-state index in [9.17, 15) is 12.8 Å². The van der Waals surface area contributed by atoms with Crippen molar-refractivity contribution in [3.63, 3.8) is 0 Å². The lowest BCUT2D eigenvalue weighted by Crippen LogP contribution is -2.36. The van der Waals surface area contributed by atoms with Crippen molar-refractivity contribution >= 4 is 26.0 Å². The van der Waals surface area contributed by atoms with Gasteiger partial charge in [0.05, 0.1) is 0 Å². The van der Waals surface area contributed by atoms with Crippen molar-refractivity contribution < 1.29 is 12.8 Å². The molecule has 7 heteroatoms. The van der Waals surface area contributed by atoms with Gasteiger partial charge in [0.15, 0.2) is 0 Å². The SMILES string of the molecule is CC1CN(S(=O)(=O)c2ccc(Br)cc2F)CC1N(C)C. The number of hydrogen-bond acceptors (Lipinski definition) is 3. The number of rotatable bonds is 3. The summed E-state index contributed by atoms with van der Waals surface area (Å²) in [6.07, 6.45) is 0. The zero-order valence-electron chi connectivity index (χ0n) is 11.7. The molecular weight excluding hydrogens is 347 g/mol. The molecule has 1 aliphatic rings. The Hall–Kier alpha value is -0.500. The summed E-state index contributed by atoms with van der Waals surface area (Å²) in [5, 5.41) is 0. The zero-order valence-corrected chi connectivity index (χ0v) is 14.1. The van der Waals surface area contributed by atoms with Crippen molar-refractivity contribution in [1.29, 1.82) is 0 Å². The average molecular weight is 365 g/mol. The van der Waals surface area contributed by atoms with Crippen LogP contribution in [0.5, 0.6) is 0 Å². The summed E-state index contributed by atoms with van der Waals surface area (Å²) < 4.78 is 40.9. The summed E-state index contributed by atoms with van der Waals surface area (Å²) in [5.41, 5.74) is 0. The van der Waals surface area contributed by atoms with Gasteiger partial charge in [-0.25, -0.2) is 12.8 Å². The maximum absolute atomic E-state index is 13.9. The molecule has 112 valence electrons. The van der Waals surface area contributed by atoms with E-state index < -0.39 is 15.8 Å². The van der Waals surface area contributed by atoms with Crippen molar-refractivity contribution in [1.82, 2.24) is 9.21 Å². The first-order valence-corrected chi connectivity index (χ1v) is 8.58. The minimum absolute atomic E-state index is 0.156. The highest BCUT2D eigenvalue weighted by molar-refractivity contribution is 9.10. The first kappa shape index (κ1) is 15.9. The van der Waals surface area contributed by atoms with Crippen molar-refractivity contribution in [2.45, 2.75) is 17.9 Å². The molecule has 1 heterocycles. The third-order valence-electron chi connectivity index (χ3n) is 3.71. The predicted octanol–water partition coefficient (Wildman–Crippen LogP) is 2.16. The molecule has 0 bridgehead atoms. The molecule has 1 fully saturated rings. The second kappa shape index (κ2) is 5.71. The quantitative estimate of drug-likeness (QED) is 0.824. The van der Waals surface area contributed by atoms with Crippen LogP contribution < -0.4 is 0 Å². The van der Waals surface area contributed by atoms with Crippen LogP contribution in [0.1, 0.15) is 6.92 Å². The Morgan fingerprint density at radius 3 is 2.50 bits per heavy atom. The maximum Gasteiger partial charge on any atom is 0.246 e. The van der Waals surface area contributed by atoms with Crippen molar-refractivity contribution in [3.8, 4) is 0 Å². The van der Waals surface area contributed by atoms with E-state index in [0.29, 0.717) is 17.6 Å². The summed E-state index contributed by atoms with van der Waals surface area (Å²) in [4.78, 5) is 1.75. The van der Waals surface area contributed by atoms with Gasteiger partial charge in [0.2, 0.25) is 10.0 Å². The van der Waals surface area contributed by atoms with Gasteiger partial charge in [-0.05, 0) is 38.2 Å². The average Bonchev–Trinajstić information content (AvgIpc) is 2.71. The molecule has 1 saturated heterocycles. The number of hydrogen-bond donors (Lipinski definition) is 0. The molecule has 2 atom stereocenters. The van der Waals surface area contributed by atoms with Crippen LogP contribution in [0.15, 0.2) is 27.6 Å². The highest BCUT2D eigenvalue weighted by atomic mass is 79.9. The Bertz CT molecular complexity index is 606. The number of likely N-dealkylation sites (N-methyl/N-ethyl adjacent to an activating group) is 1. The molecule has 0 aliphatic carbocycles. The fourth-order valence-electron chi connectivity index (χ4n) is 2.60. The molecule has 0 spiro atoms. The van der Waals surface area contributed by atoms with Gasteiger partial charge < -0.3 is 4.90 Å². The Balaban J connectivity index is 2.32.